The Labute approximate surface area is 135 Å². The van der Waals surface area contributed by atoms with E-state index in [4.69, 9.17) is 9.15 Å². The summed E-state index contributed by atoms with van der Waals surface area (Å²) < 4.78 is 10.9. The summed E-state index contributed by atoms with van der Waals surface area (Å²) in [6, 6.07) is 8.98. The molecule has 0 aliphatic rings. The Morgan fingerprint density at radius 3 is 2.81 bits per heavy atom. The first-order chi connectivity index (χ1) is 10.1. The quantitative estimate of drug-likeness (QED) is 0.440. The zero-order valence-electron chi connectivity index (χ0n) is 11.3. The van der Waals surface area contributed by atoms with Gasteiger partial charge in [-0.3, -0.25) is 9.59 Å². The Balaban J connectivity index is 1.78. The smallest absolute Gasteiger partial charge is 0.316 e. The van der Waals surface area contributed by atoms with Crippen molar-refractivity contribution in [3.63, 3.8) is 0 Å². The van der Waals surface area contributed by atoms with Crippen LogP contribution in [0.15, 0.2) is 50.4 Å². The maximum absolute atomic E-state index is 11.6. The van der Waals surface area contributed by atoms with E-state index in [9.17, 15) is 9.59 Å². The van der Waals surface area contributed by atoms with Crippen molar-refractivity contribution in [1.82, 2.24) is 0 Å². The van der Waals surface area contributed by atoms with Gasteiger partial charge in [0.25, 0.3) is 0 Å². The van der Waals surface area contributed by atoms with E-state index in [1.54, 1.807) is 6.07 Å². The van der Waals surface area contributed by atoms with Crippen molar-refractivity contribution in [3.05, 3.63) is 52.4 Å². The van der Waals surface area contributed by atoms with Crippen molar-refractivity contribution >= 4 is 39.4 Å². The number of benzene rings is 1. The highest BCUT2D eigenvalue weighted by Crippen LogP contribution is 2.25. The number of thioether (sulfide) groups is 1. The maximum atomic E-state index is 11.6. The molecule has 2 rings (SSSR count). The summed E-state index contributed by atoms with van der Waals surface area (Å²) in [5.74, 6) is -0.423. The molecular formula is C15H13BrO4S. The van der Waals surface area contributed by atoms with Gasteiger partial charge in [0.1, 0.15) is 0 Å². The Morgan fingerprint density at radius 1 is 1.33 bits per heavy atom. The molecule has 0 spiro atoms. The minimum absolute atomic E-state index is 0.161. The maximum Gasteiger partial charge on any atom is 0.316 e. The van der Waals surface area contributed by atoms with Crippen LogP contribution in [-0.2, 0) is 9.53 Å². The van der Waals surface area contributed by atoms with E-state index in [0.717, 1.165) is 14.9 Å². The Bertz CT molecular complexity index is 637. The fraction of sp³-hybridized carbons (Fsp3) is 0.200. The third-order valence-corrected chi connectivity index (χ3v) is 4.29. The molecule has 0 aliphatic heterocycles. The van der Waals surface area contributed by atoms with Gasteiger partial charge in [0.2, 0.25) is 5.78 Å². The molecule has 1 aromatic carbocycles. The highest BCUT2D eigenvalue weighted by molar-refractivity contribution is 9.10. The lowest BCUT2D eigenvalue weighted by atomic mass is 10.2. The van der Waals surface area contributed by atoms with Crippen LogP contribution < -0.4 is 0 Å². The van der Waals surface area contributed by atoms with Crippen molar-refractivity contribution in [2.75, 3.05) is 12.4 Å². The normalized spacial score (nSPS) is 10.4. The number of halogens is 1. The topological polar surface area (TPSA) is 56.5 Å². The Kier molecular flexibility index (Phi) is 5.64. The fourth-order valence-electron chi connectivity index (χ4n) is 1.61. The van der Waals surface area contributed by atoms with Crippen molar-refractivity contribution in [3.8, 4) is 0 Å². The molecular weight excluding hydrogens is 356 g/mol. The molecule has 2 aromatic rings. The third kappa shape index (κ3) is 4.75. The molecule has 0 N–H and O–H groups in total. The third-order valence-electron chi connectivity index (χ3n) is 2.64. The second-order valence-electron chi connectivity index (χ2n) is 4.26. The highest BCUT2D eigenvalue weighted by atomic mass is 79.9. The lowest BCUT2D eigenvalue weighted by molar-refractivity contribution is -0.139. The first-order valence-corrected chi connectivity index (χ1v) is 7.95. The van der Waals surface area contributed by atoms with Crippen LogP contribution in [0.4, 0.5) is 0 Å². The number of ketones is 1. The molecule has 0 aliphatic carbocycles. The second kappa shape index (κ2) is 7.47. The minimum Gasteiger partial charge on any atom is -0.461 e. The number of ether oxygens (including phenoxy) is 1. The van der Waals surface area contributed by atoms with Crippen molar-refractivity contribution in [1.29, 1.82) is 0 Å². The van der Waals surface area contributed by atoms with E-state index < -0.39 is 5.97 Å². The van der Waals surface area contributed by atoms with E-state index in [1.165, 1.54) is 24.1 Å². The molecule has 21 heavy (non-hydrogen) atoms. The number of aryl methyl sites for hydroxylation is 1. The molecule has 0 saturated heterocycles. The molecule has 1 aromatic heterocycles. The van der Waals surface area contributed by atoms with Gasteiger partial charge in [-0.15, -0.1) is 11.8 Å². The molecule has 0 fully saturated rings. The molecule has 0 amide bonds. The molecule has 1 heterocycles. The molecule has 6 heteroatoms. The van der Waals surface area contributed by atoms with Gasteiger partial charge in [0.05, 0.1) is 12.0 Å². The van der Waals surface area contributed by atoms with Gasteiger partial charge in [-0.2, -0.15) is 0 Å². The standard InChI is InChI=1S/C15H13BrO4S/c1-10-7-11(16)4-5-14(10)21-9-15(18)20-8-12(17)13-3-2-6-19-13/h2-7H,8-9H2,1H3. The van der Waals surface area contributed by atoms with E-state index in [-0.39, 0.29) is 23.9 Å². The monoisotopic (exact) mass is 368 g/mol. The second-order valence-corrected chi connectivity index (χ2v) is 6.19. The Hall–Kier alpha value is -1.53. The number of carbonyl (C=O) groups is 2. The summed E-state index contributed by atoms with van der Waals surface area (Å²) in [4.78, 5) is 24.2. The van der Waals surface area contributed by atoms with Gasteiger partial charge in [0.15, 0.2) is 12.4 Å². The van der Waals surface area contributed by atoms with E-state index >= 15 is 0 Å². The zero-order chi connectivity index (χ0) is 15.2. The summed E-state index contributed by atoms with van der Waals surface area (Å²) in [7, 11) is 0. The van der Waals surface area contributed by atoms with Crippen LogP contribution in [0.5, 0.6) is 0 Å². The van der Waals surface area contributed by atoms with Gasteiger partial charge in [-0.1, -0.05) is 15.9 Å². The number of rotatable bonds is 6. The van der Waals surface area contributed by atoms with E-state index in [2.05, 4.69) is 15.9 Å². The Morgan fingerprint density at radius 2 is 2.14 bits per heavy atom. The van der Waals surface area contributed by atoms with E-state index in [0.29, 0.717) is 0 Å². The van der Waals surface area contributed by atoms with Crippen molar-refractivity contribution in [2.24, 2.45) is 0 Å². The van der Waals surface area contributed by atoms with Gasteiger partial charge in [-0.05, 0) is 42.8 Å². The summed E-state index contributed by atoms with van der Waals surface area (Å²) in [5, 5.41) is 0. The predicted octanol–water partition coefficient (Wildman–Crippen LogP) is 3.87. The van der Waals surface area contributed by atoms with Gasteiger partial charge < -0.3 is 9.15 Å². The number of hydrogen-bond acceptors (Lipinski definition) is 5. The number of furan rings is 1. The van der Waals surface area contributed by atoms with Crippen LogP contribution in [0.3, 0.4) is 0 Å². The SMILES string of the molecule is Cc1cc(Br)ccc1SCC(=O)OCC(=O)c1ccco1. The lowest BCUT2D eigenvalue weighted by Gasteiger charge is -2.06. The summed E-state index contributed by atoms with van der Waals surface area (Å²) >= 11 is 4.77. The van der Waals surface area contributed by atoms with Gasteiger partial charge >= 0.3 is 5.97 Å². The van der Waals surface area contributed by atoms with Crippen LogP contribution in [0, 0.1) is 6.92 Å². The first-order valence-electron chi connectivity index (χ1n) is 6.17. The van der Waals surface area contributed by atoms with Crippen molar-refractivity contribution < 1.29 is 18.7 Å². The van der Waals surface area contributed by atoms with Crippen LogP contribution in [0.1, 0.15) is 16.1 Å². The number of Topliss-reactive ketones (excluding diaryl/α,β-unsaturated/α-hetero) is 1. The summed E-state index contributed by atoms with van der Waals surface area (Å²) in [6.45, 7) is 1.67. The summed E-state index contributed by atoms with van der Waals surface area (Å²) in [5.41, 5.74) is 1.08. The first kappa shape index (κ1) is 15.9. The minimum atomic E-state index is -0.428. The molecule has 4 nitrogen and oxygen atoms in total. The predicted molar refractivity (Wildman–Crippen MR) is 83.6 cm³/mol. The molecule has 0 atom stereocenters. The van der Waals surface area contributed by atoms with Crippen molar-refractivity contribution in [2.45, 2.75) is 11.8 Å². The number of hydrogen-bond donors (Lipinski definition) is 0. The zero-order valence-corrected chi connectivity index (χ0v) is 13.7. The van der Waals surface area contributed by atoms with Crippen LogP contribution >= 0.6 is 27.7 Å². The molecule has 0 radical (unpaired) electrons. The largest absolute Gasteiger partial charge is 0.461 e. The lowest BCUT2D eigenvalue weighted by Crippen LogP contribution is -2.15. The molecule has 0 bridgehead atoms. The van der Waals surface area contributed by atoms with Gasteiger partial charge in [0, 0.05) is 9.37 Å². The van der Waals surface area contributed by atoms with Crippen LogP contribution in [-0.4, -0.2) is 24.1 Å². The molecule has 110 valence electrons. The number of esters is 1. The molecule has 0 saturated carbocycles. The summed E-state index contributed by atoms with van der Waals surface area (Å²) in [6.07, 6.45) is 1.40. The fourth-order valence-corrected chi connectivity index (χ4v) is 2.89. The van der Waals surface area contributed by atoms with Crippen LogP contribution in [0.2, 0.25) is 0 Å². The average molecular weight is 369 g/mol. The van der Waals surface area contributed by atoms with Crippen LogP contribution in [0.25, 0.3) is 0 Å². The van der Waals surface area contributed by atoms with E-state index in [1.807, 2.05) is 25.1 Å². The highest BCUT2D eigenvalue weighted by Gasteiger charge is 2.12. The number of carbonyl (C=O) groups excluding carboxylic acids is 2. The average Bonchev–Trinajstić information content (AvgIpc) is 2.98. The molecule has 0 unspecified atom stereocenters. The van der Waals surface area contributed by atoms with Gasteiger partial charge in [-0.25, -0.2) is 0 Å².